The molecule has 0 saturated heterocycles. The second-order valence-electron chi connectivity index (χ2n) is 4.07. The number of aliphatic hydroxyl groups excluding tert-OH is 2. The van der Waals surface area contributed by atoms with Gasteiger partial charge in [-0.2, -0.15) is 0 Å². The van der Waals surface area contributed by atoms with E-state index in [1.54, 1.807) is 6.07 Å². The van der Waals surface area contributed by atoms with Gasteiger partial charge in [0.15, 0.2) is 0 Å². The summed E-state index contributed by atoms with van der Waals surface area (Å²) in [4.78, 5) is 0. The summed E-state index contributed by atoms with van der Waals surface area (Å²) in [5.41, 5.74) is 0.573. The van der Waals surface area contributed by atoms with Crippen LogP contribution in [0.3, 0.4) is 0 Å². The Hall–Kier alpha value is -1.29. The van der Waals surface area contributed by atoms with Gasteiger partial charge in [-0.05, 0) is 16.8 Å². The normalized spacial score (nSPS) is 14.4. The van der Waals surface area contributed by atoms with Crippen molar-refractivity contribution in [1.29, 1.82) is 0 Å². The Kier molecular flexibility index (Phi) is 4.07. The highest BCUT2D eigenvalue weighted by molar-refractivity contribution is 6.18. The van der Waals surface area contributed by atoms with Crippen LogP contribution < -0.4 is 4.74 Å². The van der Waals surface area contributed by atoms with Crippen molar-refractivity contribution in [3.63, 3.8) is 0 Å². The average Bonchev–Trinajstić information content (AvgIpc) is 2.44. The van der Waals surface area contributed by atoms with Crippen LogP contribution in [-0.2, 0) is 0 Å². The van der Waals surface area contributed by atoms with E-state index < -0.39 is 12.2 Å². The lowest BCUT2D eigenvalue weighted by Gasteiger charge is -2.20. The number of ether oxygens (including phenoxy) is 1. The van der Waals surface area contributed by atoms with Crippen molar-refractivity contribution in [2.45, 2.75) is 12.2 Å². The number of halogens is 1. The molecule has 0 heterocycles. The minimum absolute atomic E-state index is 0.0342. The van der Waals surface area contributed by atoms with Crippen molar-refractivity contribution in [3.8, 4) is 5.75 Å². The molecule has 0 aliphatic carbocycles. The van der Waals surface area contributed by atoms with Gasteiger partial charge < -0.3 is 14.9 Å². The van der Waals surface area contributed by atoms with Gasteiger partial charge in [-0.15, -0.1) is 11.6 Å². The van der Waals surface area contributed by atoms with E-state index >= 15 is 0 Å². The fourth-order valence-corrected chi connectivity index (χ4v) is 2.20. The van der Waals surface area contributed by atoms with E-state index in [0.717, 1.165) is 10.8 Å². The van der Waals surface area contributed by atoms with Crippen LogP contribution in [0.4, 0.5) is 0 Å². The summed E-state index contributed by atoms with van der Waals surface area (Å²) >= 11 is 5.59. The summed E-state index contributed by atoms with van der Waals surface area (Å²) < 4.78 is 5.26. The van der Waals surface area contributed by atoms with E-state index in [1.807, 2.05) is 30.3 Å². The monoisotopic (exact) mass is 266 g/mol. The third-order valence-corrected chi connectivity index (χ3v) is 3.29. The van der Waals surface area contributed by atoms with Crippen molar-refractivity contribution in [2.24, 2.45) is 0 Å². The Morgan fingerprint density at radius 1 is 1.17 bits per heavy atom. The second-order valence-corrected chi connectivity index (χ2v) is 4.38. The molecule has 0 saturated carbocycles. The van der Waals surface area contributed by atoms with Crippen LogP contribution in [0.15, 0.2) is 36.4 Å². The summed E-state index contributed by atoms with van der Waals surface area (Å²) in [5, 5.41) is 21.7. The molecule has 0 aliphatic rings. The van der Waals surface area contributed by atoms with Gasteiger partial charge in [-0.25, -0.2) is 0 Å². The quantitative estimate of drug-likeness (QED) is 0.836. The first kappa shape index (κ1) is 13.1. The van der Waals surface area contributed by atoms with Gasteiger partial charge in [0.1, 0.15) is 11.9 Å². The zero-order valence-corrected chi connectivity index (χ0v) is 10.8. The van der Waals surface area contributed by atoms with Crippen LogP contribution >= 0.6 is 11.6 Å². The predicted octanol–water partition coefficient (Wildman–Crippen LogP) is 2.48. The zero-order valence-electron chi connectivity index (χ0n) is 10.0. The molecule has 0 radical (unpaired) electrons. The smallest absolute Gasteiger partial charge is 0.125 e. The molecule has 3 nitrogen and oxygen atoms in total. The van der Waals surface area contributed by atoms with E-state index in [4.69, 9.17) is 16.3 Å². The lowest BCUT2D eigenvalue weighted by molar-refractivity contribution is 0.0322. The molecule has 18 heavy (non-hydrogen) atoms. The molecule has 2 rings (SSSR count). The number of aliphatic hydroxyl groups is 2. The number of alkyl halides is 1. The predicted molar refractivity (Wildman–Crippen MR) is 72.2 cm³/mol. The van der Waals surface area contributed by atoms with Crippen molar-refractivity contribution < 1.29 is 14.9 Å². The molecule has 2 N–H and O–H groups in total. The molecule has 2 atom stereocenters. The molecule has 0 aliphatic heterocycles. The number of benzene rings is 2. The maximum atomic E-state index is 10.2. The summed E-state index contributed by atoms with van der Waals surface area (Å²) in [7, 11) is 1.54. The van der Waals surface area contributed by atoms with E-state index in [9.17, 15) is 10.2 Å². The molecule has 2 aromatic rings. The molecular formula is C14H15ClO3. The summed E-state index contributed by atoms with van der Waals surface area (Å²) in [6.45, 7) is 0. The standard InChI is InChI=1S/C14H15ClO3/c1-18-12-7-6-9-4-2-3-5-10(9)13(12)14(17)11(16)8-15/h2-7,11,14,16-17H,8H2,1H3. The molecule has 0 spiro atoms. The van der Waals surface area contributed by atoms with Gasteiger partial charge >= 0.3 is 0 Å². The average molecular weight is 267 g/mol. The Morgan fingerprint density at radius 2 is 1.89 bits per heavy atom. The van der Waals surface area contributed by atoms with Gasteiger partial charge in [0.25, 0.3) is 0 Å². The summed E-state index contributed by atoms with van der Waals surface area (Å²) in [5.74, 6) is 0.512. The molecular weight excluding hydrogens is 252 g/mol. The van der Waals surface area contributed by atoms with Crippen LogP contribution in [0, 0.1) is 0 Å². The van der Waals surface area contributed by atoms with E-state index in [2.05, 4.69) is 0 Å². The minimum Gasteiger partial charge on any atom is -0.496 e. The highest BCUT2D eigenvalue weighted by Gasteiger charge is 2.23. The van der Waals surface area contributed by atoms with Crippen molar-refractivity contribution >= 4 is 22.4 Å². The van der Waals surface area contributed by atoms with Gasteiger partial charge in [-0.3, -0.25) is 0 Å². The Labute approximate surface area is 111 Å². The van der Waals surface area contributed by atoms with Crippen LogP contribution in [-0.4, -0.2) is 29.3 Å². The fraction of sp³-hybridized carbons (Fsp3) is 0.286. The van der Waals surface area contributed by atoms with E-state index in [-0.39, 0.29) is 5.88 Å². The minimum atomic E-state index is -1.07. The molecule has 4 heteroatoms. The maximum absolute atomic E-state index is 10.2. The maximum Gasteiger partial charge on any atom is 0.125 e. The largest absolute Gasteiger partial charge is 0.496 e. The number of rotatable bonds is 4. The van der Waals surface area contributed by atoms with Gasteiger partial charge in [0.05, 0.1) is 19.1 Å². The van der Waals surface area contributed by atoms with E-state index in [0.29, 0.717) is 11.3 Å². The van der Waals surface area contributed by atoms with Crippen LogP contribution in [0.2, 0.25) is 0 Å². The fourth-order valence-electron chi connectivity index (χ4n) is 2.04. The summed E-state index contributed by atoms with van der Waals surface area (Å²) in [6, 6.07) is 11.3. The summed E-state index contributed by atoms with van der Waals surface area (Å²) in [6.07, 6.45) is -2.09. The first-order valence-corrected chi connectivity index (χ1v) is 6.20. The Bertz CT molecular complexity index is 542. The number of methoxy groups -OCH3 is 1. The van der Waals surface area contributed by atoms with Gasteiger partial charge in [0.2, 0.25) is 0 Å². The highest BCUT2D eigenvalue weighted by Crippen LogP contribution is 2.34. The molecule has 2 unspecified atom stereocenters. The SMILES string of the molecule is COc1ccc2ccccc2c1C(O)C(O)CCl. The first-order valence-electron chi connectivity index (χ1n) is 5.66. The Morgan fingerprint density at radius 3 is 2.56 bits per heavy atom. The molecule has 2 aromatic carbocycles. The topological polar surface area (TPSA) is 49.7 Å². The van der Waals surface area contributed by atoms with Crippen molar-refractivity contribution in [1.82, 2.24) is 0 Å². The van der Waals surface area contributed by atoms with Crippen LogP contribution in [0.5, 0.6) is 5.75 Å². The molecule has 0 fully saturated rings. The Balaban J connectivity index is 2.64. The molecule has 0 aromatic heterocycles. The number of fused-ring (bicyclic) bond motifs is 1. The molecule has 96 valence electrons. The third-order valence-electron chi connectivity index (χ3n) is 2.97. The molecule has 0 bridgehead atoms. The second kappa shape index (κ2) is 5.57. The van der Waals surface area contributed by atoms with Crippen molar-refractivity contribution in [3.05, 3.63) is 42.0 Å². The first-order chi connectivity index (χ1) is 8.69. The van der Waals surface area contributed by atoms with Crippen LogP contribution in [0.25, 0.3) is 10.8 Å². The lowest BCUT2D eigenvalue weighted by atomic mass is 9.97. The number of hydrogen-bond donors (Lipinski definition) is 2. The highest BCUT2D eigenvalue weighted by atomic mass is 35.5. The van der Waals surface area contributed by atoms with Crippen molar-refractivity contribution in [2.75, 3.05) is 13.0 Å². The van der Waals surface area contributed by atoms with Gasteiger partial charge in [0, 0.05) is 5.56 Å². The van der Waals surface area contributed by atoms with Gasteiger partial charge in [-0.1, -0.05) is 30.3 Å². The lowest BCUT2D eigenvalue weighted by Crippen LogP contribution is -2.20. The number of hydrogen-bond acceptors (Lipinski definition) is 3. The molecule has 0 amide bonds. The van der Waals surface area contributed by atoms with E-state index in [1.165, 1.54) is 7.11 Å². The third kappa shape index (κ3) is 2.29. The van der Waals surface area contributed by atoms with Crippen LogP contribution in [0.1, 0.15) is 11.7 Å². The zero-order chi connectivity index (χ0) is 13.1.